The van der Waals surface area contributed by atoms with E-state index in [1.807, 2.05) is 0 Å². The molecule has 0 aromatic carbocycles. The van der Waals surface area contributed by atoms with Gasteiger partial charge >= 0.3 is 127 Å². The van der Waals surface area contributed by atoms with Crippen LogP contribution in [0.3, 0.4) is 0 Å². The van der Waals surface area contributed by atoms with Crippen molar-refractivity contribution in [2.45, 2.75) is 0 Å². The van der Waals surface area contributed by atoms with Gasteiger partial charge in [-0.15, -0.1) is 0 Å². The Morgan fingerprint density at radius 3 is 1.33 bits per heavy atom. The van der Waals surface area contributed by atoms with Crippen LogP contribution in [-0.2, 0) is 0 Å². The van der Waals surface area contributed by atoms with Crippen LogP contribution in [0.1, 0.15) is 0 Å². The predicted octanol–water partition coefficient (Wildman–Crippen LogP) is -3.88. The van der Waals surface area contributed by atoms with E-state index in [0.29, 0.717) is 0 Å². The van der Waals surface area contributed by atoms with E-state index in [9.17, 15) is 0 Å². The molecule has 0 heterocycles. The Kier molecular flexibility index (Phi) is 29.2. The topological polar surface area (TPSA) is 66.2 Å². The van der Waals surface area contributed by atoms with E-state index in [2.05, 4.69) is 0 Å². The van der Waals surface area contributed by atoms with Crippen LogP contribution in [0, 0.1) is 15.3 Å². The van der Waals surface area contributed by atoms with Crippen molar-refractivity contribution in [1.82, 2.24) is 0 Å². The Morgan fingerprint density at radius 1 is 1.33 bits per heavy atom. The molecule has 0 radical (unpaired) electrons. The fourth-order valence-electron chi connectivity index (χ4n) is 0. The van der Waals surface area contributed by atoms with Gasteiger partial charge in [-0.25, -0.2) is 0 Å². The summed E-state index contributed by atoms with van der Waals surface area (Å²) in [6.07, 6.45) is 0. The molecule has 0 unspecified atom stereocenters. The standard InChI is InChI=1S/Cs.NO3.Rb.H/c;2-1(3)4;;/q+1;-1;;. The van der Waals surface area contributed by atoms with Crippen molar-refractivity contribution in [3.8, 4) is 0 Å². The molecule has 0 aliphatic heterocycles. The molecule has 6 heavy (non-hydrogen) atoms. The first kappa shape index (κ1) is 16.0. The molecule has 0 saturated carbocycles. The fourth-order valence-corrected chi connectivity index (χ4v) is 0. The molecule has 0 amide bonds. The van der Waals surface area contributed by atoms with E-state index in [0.717, 1.165) is 0 Å². The van der Waals surface area contributed by atoms with Gasteiger partial charge in [-0.1, -0.05) is 0 Å². The van der Waals surface area contributed by atoms with Gasteiger partial charge in [0.1, 0.15) is 0 Å². The molecule has 0 spiro atoms. The second-order valence-corrected chi connectivity index (χ2v) is 0.224. The molecule has 0 N–H and O–H groups in total. The maximum absolute atomic E-state index is 8.25. The maximum atomic E-state index is 8.25. The van der Waals surface area contributed by atoms with Crippen LogP contribution in [0.5, 0.6) is 0 Å². The van der Waals surface area contributed by atoms with Crippen molar-refractivity contribution in [2.24, 2.45) is 0 Å². The average Bonchev–Trinajstić information content (AvgIpc) is 0.811. The molecule has 0 aliphatic carbocycles. The monoisotopic (exact) mass is 281 g/mol. The second-order valence-electron chi connectivity index (χ2n) is 0.224. The summed E-state index contributed by atoms with van der Waals surface area (Å²) in [5, 5.41) is 14.8. The molecule has 6 heteroatoms. The summed E-state index contributed by atoms with van der Waals surface area (Å²) in [6, 6.07) is 0. The van der Waals surface area contributed by atoms with E-state index < -0.39 is 5.09 Å². The molecule has 26 valence electrons. The van der Waals surface area contributed by atoms with Crippen LogP contribution >= 0.6 is 0 Å². The predicted molar refractivity (Wildman–Crippen MR) is 17.5 cm³/mol. The van der Waals surface area contributed by atoms with Gasteiger partial charge in [-0.3, -0.25) is 0 Å². The van der Waals surface area contributed by atoms with E-state index in [1.165, 1.54) is 0 Å². The molecule has 0 atom stereocenters. The fraction of sp³-hybridized carbons (Fsp3) is 0. The average molecular weight is 281 g/mol. The summed E-state index contributed by atoms with van der Waals surface area (Å²) in [5.41, 5.74) is 0. The molecule has 0 rings (SSSR count). The molecule has 0 bridgehead atoms. The number of hydrogen-bond acceptors (Lipinski definition) is 3. The Balaban J connectivity index is -0.0000000450. The molecule has 0 aromatic rings. The zero-order valence-corrected chi connectivity index (χ0v) is 8.95. The minimum atomic E-state index is -1.75. The van der Waals surface area contributed by atoms with Crippen molar-refractivity contribution in [1.29, 1.82) is 0 Å². The molecule has 0 fully saturated rings. The number of nitrogens with zero attached hydrogens (tertiary/aromatic N) is 1. The van der Waals surface area contributed by atoms with Crippen molar-refractivity contribution in [3.05, 3.63) is 15.3 Å². The zero-order chi connectivity index (χ0) is 3.58. The third-order valence-electron chi connectivity index (χ3n) is 0. The molecule has 0 aromatic heterocycles. The van der Waals surface area contributed by atoms with E-state index in [1.54, 1.807) is 0 Å². The first-order valence-electron chi connectivity index (χ1n) is 0.548. The summed E-state index contributed by atoms with van der Waals surface area (Å²) < 4.78 is 0. The van der Waals surface area contributed by atoms with Gasteiger partial charge in [0.05, 0.1) is 5.09 Å². The van der Waals surface area contributed by atoms with E-state index in [4.69, 9.17) is 15.3 Å². The zero-order valence-electron chi connectivity index (χ0n) is 2.67. The second kappa shape index (κ2) is 10.9. The first-order chi connectivity index (χ1) is 1.73. The normalized spacial score (nSPS) is 4.00. The van der Waals surface area contributed by atoms with Crippen LogP contribution in [0.25, 0.3) is 0 Å². The van der Waals surface area contributed by atoms with Gasteiger partial charge in [-0.2, -0.15) is 0 Å². The third-order valence-corrected chi connectivity index (χ3v) is 0. The Morgan fingerprint density at radius 2 is 1.33 bits per heavy atom. The van der Waals surface area contributed by atoms with Gasteiger partial charge in [-0.05, 0) is 0 Å². The molecular weight excluding hydrogens is 280 g/mol. The minimum absolute atomic E-state index is 0. The van der Waals surface area contributed by atoms with Gasteiger partial charge in [0, 0.05) is 0 Å². The van der Waals surface area contributed by atoms with Crippen LogP contribution in [-0.4, -0.2) is 63.3 Å². The summed E-state index contributed by atoms with van der Waals surface area (Å²) in [7, 11) is 0. The number of rotatable bonds is 0. The van der Waals surface area contributed by atoms with E-state index in [-0.39, 0.29) is 127 Å². The summed E-state index contributed by atoms with van der Waals surface area (Å²) in [6.45, 7) is 0. The van der Waals surface area contributed by atoms with Gasteiger partial charge in [0.2, 0.25) is 0 Å². The molecule has 0 saturated heterocycles. The summed E-state index contributed by atoms with van der Waals surface area (Å²) in [5.74, 6) is 0. The van der Waals surface area contributed by atoms with Gasteiger partial charge in [0.15, 0.2) is 0 Å². The van der Waals surface area contributed by atoms with Crippen LogP contribution in [0.4, 0.5) is 0 Å². The van der Waals surface area contributed by atoms with Gasteiger partial charge < -0.3 is 15.3 Å². The number of hydrogen-bond donors (Lipinski definition) is 0. The molecule has 4 nitrogen and oxygen atoms in total. The van der Waals surface area contributed by atoms with Crippen LogP contribution in [0.2, 0.25) is 0 Å². The summed E-state index contributed by atoms with van der Waals surface area (Å²) >= 11 is 0. The van der Waals surface area contributed by atoms with Gasteiger partial charge in [0.25, 0.3) is 0 Å². The van der Waals surface area contributed by atoms with E-state index >= 15 is 0 Å². The Bertz CT molecular complexity index is 33.8. The first-order valence-corrected chi connectivity index (χ1v) is 0.548. The SMILES string of the molecule is O=[N+]([O-])[O-].[Cs+].[RbH]. The van der Waals surface area contributed by atoms with Crippen molar-refractivity contribution in [2.75, 3.05) is 0 Å². The van der Waals surface area contributed by atoms with Crippen LogP contribution in [0.15, 0.2) is 0 Å². The third kappa shape index (κ3) is 27.7. The van der Waals surface area contributed by atoms with Crippen molar-refractivity contribution in [3.63, 3.8) is 0 Å². The van der Waals surface area contributed by atoms with Crippen LogP contribution < -0.4 is 68.9 Å². The Labute approximate surface area is 142 Å². The molecular formula is HCsNO3Rb. The molecule has 0 aliphatic rings. The van der Waals surface area contributed by atoms with Crippen molar-refractivity contribution < 1.29 is 74.0 Å². The quantitative estimate of drug-likeness (QED) is 0.337. The van der Waals surface area contributed by atoms with Crippen molar-refractivity contribution >= 4 is 58.2 Å². The summed E-state index contributed by atoms with van der Waals surface area (Å²) in [4.78, 5) is 8.25. The Hall–Kier alpha value is 3.06.